The van der Waals surface area contributed by atoms with Gasteiger partial charge in [-0.1, -0.05) is 18.5 Å². The Morgan fingerprint density at radius 3 is 3.00 bits per heavy atom. The molecule has 6 heteroatoms. The fraction of sp³-hybridized carbons (Fsp3) is 0.333. The van der Waals surface area contributed by atoms with Crippen molar-refractivity contribution in [3.8, 4) is 0 Å². The molecule has 1 heterocycles. The van der Waals surface area contributed by atoms with Crippen LogP contribution in [0.1, 0.15) is 19.2 Å². The summed E-state index contributed by atoms with van der Waals surface area (Å²) >= 11 is 9.40. The number of rotatable bonds is 5. The molecule has 0 atom stereocenters. The largest absolute Gasteiger partial charge is 0.378 e. The van der Waals surface area contributed by atoms with Gasteiger partial charge in [0.25, 0.3) is 0 Å². The average molecular weight is 330 g/mol. The second-order valence-corrected chi connectivity index (χ2v) is 5.14. The molecule has 0 spiro atoms. The Kier molecular flexibility index (Phi) is 4.60. The normalized spacial score (nSPS) is 10.6. The van der Waals surface area contributed by atoms with Crippen LogP contribution < -0.4 is 5.32 Å². The molecule has 1 aromatic heterocycles. The van der Waals surface area contributed by atoms with E-state index in [0.717, 1.165) is 29.0 Å². The van der Waals surface area contributed by atoms with E-state index in [2.05, 4.69) is 38.3 Å². The van der Waals surface area contributed by atoms with Crippen molar-refractivity contribution in [1.82, 2.24) is 14.8 Å². The first-order chi connectivity index (χ1) is 8.70. The zero-order valence-corrected chi connectivity index (χ0v) is 12.4. The van der Waals surface area contributed by atoms with E-state index in [1.807, 2.05) is 22.9 Å². The Morgan fingerprint density at radius 1 is 1.44 bits per heavy atom. The smallest absolute Gasteiger partial charge is 0.146 e. The third kappa shape index (κ3) is 3.23. The summed E-state index contributed by atoms with van der Waals surface area (Å²) in [6, 6.07) is 5.77. The summed E-state index contributed by atoms with van der Waals surface area (Å²) < 4.78 is 2.80. The number of anilines is 1. The zero-order chi connectivity index (χ0) is 13.0. The fourth-order valence-corrected chi connectivity index (χ4v) is 2.04. The van der Waals surface area contributed by atoms with Crippen LogP contribution in [0.25, 0.3) is 0 Å². The predicted octanol–water partition coefficient (Wildman–Crippen LogP) is 3.72. The molecule has 18 heavy (non-hydrogen) atoms. The van der Waals surface area contributed by atoms with E-state index in [1.54, 1.807) is 6.33 Å². The second-order valence-electron chi connectivity index (χ2n) is 3.88. The third-order valence-corrected chi connectivity index (χ3v) is 3.73. The number of aromatic nitrogens is 3. The lowest BCUT2D eigenvalue weighted by Crippen LogP contribution is -2.10. The topological polar surface area (TPSA) is 42.7 Å². The molecule has 0 saturated carbocycles. The molecule has 1 aromatic carbocycles. The number of hydrogen-bond acceptors (Lipinski definition) is 3. The first kappa shape index (κ1) is 13.4. The van der Waals surface area contributed by atoms with Crippen LogP contribution in [-0.2, 0) is 13.1 Å². The van der Waals surface area contributed by atoms with Gasteiger partial charge in [0.15, 0.2) is 0 Å². The Hall–Kier alpha value is -1.07. The number of benzene rings is 1. The first-order valence-corrected chi connectivity index (χ1v) is 6.93. The van der Waals surface area contributed by atoms with E-state index in [0.29, 0.717) is 11.6 Å². The predicted molar refractivity (Wildman–Crippen MR) is 76.8 cm³/mol. The lowest BCUT2D eigenvalue weighted by atomic mass is 10.3. The molecule has 0 aliphatic rings. The van der Waals surface area contributed by atoms with Gasteiger partial charge in [-0.15, -0.1) is 0 Å². The van der Waals surface area contributed by atoms with E-state index >= 15 is 0 Å². The molecule has 0 saturated heterocycles. The van der Waals surface area contributed by atoms with Gasteiger partial charge in [0.05, 0.1) is 11.6 Å². The summed E-state index contributed by atoms with van der Waals surface area (Å²) in [6.45, 7) is 3.64. The molecule has 0 radical (unpaired) electrons. The van der Waals surface area contributed by atoms with Crippen molar-refractivity contribution in [1.29, 1.82) is 0 Å². The molecule has 2 aromatic rings. The van der Waals surface area contributed by atoms with Gasteiger partial charge in [-0.2, -0.15) is 5.10 Å². The van der Waals surface area contributed by atoms with E-state index in [1.165, 1.54) is 0 Å². The van der Waals surface area contributed by atoms with Gasteiger partial charge in [0.2, 0.25) is 0 Å². The maximum atomic E-state index is 6.04. The number of aryl methyl sites for hydroxylation is 1. The van der Waals surface area contributed by atoms with Crippen LogP contribution >= 0.6 is 27.5 Å². The monoisotopic (exact) mass is 328 g/mol. The van der Waals surface area contributed by atoms with Crippen molar-refractivity contribution in [2.24, 2.45) is 0 Å². The van der Waals surface area contributed by atoms with Crippen LogP contribution in [0, 0.1) is 0 Å². The minimum Gasteiger partial charge on any atom is -0.378 e. The minimum absolute atomic E-state index is 0.637. The summed E-state index contributed by atoms with van der Waals surface area (Å²) in [5.74, 6) is 0.927. The van der Waals surface area contributed by atoms with Crippen LogP contribution in [0.4, 0.5) is 5.69 Å². The lowest BCUT2D eigenvalue weighted by molar-refractivity contribution is 0.574. The Labute approximate surface area is 119 Å². The van der Waals surface area contributed by atoms with Crippen LogP contribution in [0.5, 0.6) is 0 Å². The number of nitrogens with zero attached hydrogens (tertiary/aromatic N) is 3. The van der Waals surface area contributed by atoms with Gasteiger partial charge >= 0.3 is 0 Å². The highest BCUT2D eigenvalue weighted by molar-refractivity contribution is 9.10. The summed E-state index contributed by atoms with van der Waals surface area (Å²) in [4.78, 5) is 4.24. The second kappa shape index (κ2) is 6.20. The summed E-state index contributed by atoms with van der Waals surface area (Å²) in [7, 11) is 0. The van der Waals surface area contributed by atoms with Gasteiger partial charge in [-0.05, 0) is 40.5 Å². The van der Waals surface area contributed by atoms with Gasteiger partial charge in [-0.3, -0.25) is 0 Å². The van der Waals surface area contributed by atoms with E-state index < -0.39 is 0 Å². The highest BCUT2D eigenvalue weighted by atomic mass is 79.9. The number of halogens is 2. The van der Waals surface area contributed by atoms with E-state index in [4.69, 9.17) is 11.6 Å². The van der Waals surface area contributed by atoms with E-state index in [-0.39, 0.29) is 0 Å². The van der Waals surface area contributed by atoms with Gasteiger partial charge in [0, 0.05) is 16.7 Å². The SMILES string of the molecule is CCCn1ncnc1CNc1ccc(Br)c(Cl)c1. The minimum atomic E-state index is 0.637. The van der Waals surface area contributed by atoms with Gasteiger partial charge in [0.1, 0.15) is 12.2 Å². The quantitative estimate of drug-likeness (QED) is 0.909. The average Bonchev–Trinajstić information content (AvgIpc) is 2.79. The van der Waals surface area contributed by atoms with Crippen LogP contribution in [0.2, 0.25) is 5.02 Å². The molecule has 0 unspecified atom stereocenters. The van der Waals surface area contributed by atoms with Gasteiger partial charge in [-0.25, -0.2) is 9.67 Å². The summed E-state index contributed by atoms with van der Waals surface area (Å²) in [5, 5.41) is 8.16. The molecular weight excluding hydrogens is 316 g/mol. The lowest BCUT2D eigenvalue weighted by Gasteiger charge is -2.08. The molecule has 96 valence electrons. The molecular formula is C12H14BrClN4. The molecule has 2 rings (SSSR count). The van der Waals surface area contributed by atoms with E-state index in [9.17, 15) is 0 Å². The third-order valence-electron chi connectivity index (χ3n) is 2.50. The molecule has 0 aliphatic carbocycles. The van der Waals surface area contributed by atoms with Crippen LogP contribution in [-0.4, -0.2) is 14.8 Å². The standard InChI is InChI=1S/C12H14BrClN4/c1-2-5-18-12(16-8-17-18)7-15-9-3-4-10(13)11(14)6-9/h3-4,6,8,15H,2,5,7H2,1H3. The van der Waals surface area contributed by atoms with Crippen molar-refractivity contribution in [3.63, 3.8) is 0 Å². The van der Waals surface area contributed by atoms with Gasteiger partial charge < -0.3 is 5.32 Å². The number of nitrogens with one attached hydrogen (secondary N) is 1. The molecule has 0 aliphatic heterocycles. The summed E-state index contributed by atoms with van der Waals surface area (Å²) in [6.07, 6.45) is 2.63. The molecule has 1 N–H and O–H groups in total. The maximum Gasteiger partial charge on any atom is 0.146 e. The summed E-state index contributed by atoms with van der Waals surface area (Å²) in [5.41, 5.74) is 0.967. The Morgan fingerprint density at radius 2 is 2.28 bits per heavy atom. The molecule has 4 nitrogen and oxygen atoms in total. The Balaban J connectivity index is 2.02. The Bertz CT molecular complexity index is 527. The maximum absolute atomic E-state index is 6.04. The van der Waals surface area contributed by atoms with Crippen molar-refractivity contribution in [2.45, 2.75) is 26.4 Å². The molecule has 0 bridgehead atoms. The van der Waals surface area contributed by atoms with Crippen molar-refractivity contribution < 1.29 is 0 Å². The van der Waals surface area contributed by atoms with Crippen molar-refractivity contribution >= 4 is 33.2 Å². The fourth-order valence-electron chi connectivity index (χ4n) is 1.61. The van der Waals surface area contributed by atoms with Crippen molar-refractivity contribution in [2.75, 3.05) is 5.32 Å². The zero-order valence-electron chi connectivity index (χ0n) is 10.0. The number of hydrogen-bond donors (Lipinski definition) is 1. The van der Waals surface area contributed by atoms with Crippen LogP contribution in [0.3, 0.4) is 0 Å². The first-order valence-electron chi connectivity index (χ1n) is 5.76. The van der Waals surface area contributed by atoms with Crippen molar-refractivity contribution in [3.05, 3.63) is 39.8 Å². The van der Waals surface area contributed by atoms with Crippen LogP contribution in [0.15, 0.2) is 29.0 Å². The highest BCUT2D eigenvalue weighted by Crippen LogP contribution is 2.25. The highest BCUT2D eigenvalue weighted by Gasteiger charge is 2.04. The molecule has 0 amide bonds. The molecule has 0 fully saturated rings.